The summed E-state index contributed by atoms with van der Waals surface area (Å²) in [6, 6.07) is 17.4. The summed E-state index contributed by atoms with van der Waals surface area (Å²) in [6.45, 7) is 0.289. The Labute approximate surface area is 158 Å². The lowest BCUT2D eigenvalue weighted by atomic mass is 10.0. The Hall–Kier alpha value is -2.15. The van der Waals surface area contributed by atoms with E-state index >= 15 is 0 Å². The van der Waals surface area contributed by atoms with Gasteiger partial charge in [0, 0.05) is 6.54 Å². The molecule has 0 radical (unpaired) electrons. The molecular formula is C20H21NO3S2. The minimum atomic E-state index is -3.36. The van der Waals surface area contributed by atoms with Gasteiger partial charge >= 0.3 is 0 Å². The molecule has 3 rings (SSSR count). The van der Waals surface area contributed by atoms with Crippen molar-refractivity contribution in [3.8, 4) is 16.9 Å². The van der Waals surface area contributed by atoms with Gasteiger partial charge in [-0.2, -0.15) is 11.3 Å². The van der Waals surface area contributed by atoms with E-state index in [0.717, 1.165) is 28.0 Å². The van der Waals surface area contributed by atoms with E-state index in [1.54, 1.807) is 18.4 Å². The van der Waals surface area contributed by atoms with E-state index in [9.17, 15) is 8.42 Å². The molecule has 0 aliphatic rings. The Morgan fingerprint density at radius 3 is 2.50 bits per heavy atom. The smallest absolute Gasteiger partial charge is 0.212 e. The number of nitrogens with one attached hydrogen (secondary N) is 1. The van der Waals surface area contributed by atoms with Crippen molar-refractivity contribution in [2.24, 2.45) is 0 Å². The summed E-state index contributed by atoms with van der Waals surface area (Å²) < 4.78 is 32.6. The Kier molecular flexibility index (Phi) is 6.08. The number of ether oxygens (including phenoxy) is 1. The average Bonchev–Trinajstić information content (AvgIpc) is 3.20. The second-order valence-electron chi connectivity index (χ2n) is 5.91. The number of sulfonamides is 1. The monoisotopic (exact) mass is 387 g/mol. The van der Waals surface area contributed by atoms with Crippen molar-refractivity contribution in [2.75, 3.05) is 12.9 Å². The fourth-order valence-corrected chi connectivity index (χ4v) is 4.36. The van der Waals surface area contributed by atoms with Gasteiger partial charge in [-0.05, 0) is 57.6 Å². The highest BCUT2D eigenvalue weighted by molar-refractivity contribution is 7.89. The first-order valence-electron chi connectivity index (χ1n) is 8.28. The standard InChI is InChI=1S/C20H21NO3S2/c1-24-19-8-6-16(7-9-19)11-13-26(22,23)21-14-17-4-2-3-5-20(17)18-10-12-25-15-18/h2-10,12,15,21H,11,13-14H2,1H3. The van der Waals surface area contributed by atoms with Crippen molar-refractivity contribution in [1.29, 1.82) is 0 Å². The summed E-state index contributed by atoms with van der Waals surface area (Å²) in [5, 5.41) is 4.09. The van der Waals surface area contributed by atoms with Crippen LogP contribution in [0.3, 0.4) is 0 Å². The number of aryl methyl sites for hydroxylation is 1. The van der Waals surface area contributed by atoms with Crippen LogP contribution in [0.5, 0.6) is 5.75 Å². The number of rotatable bonds is 8. The molecule has 2 aromatic carbocycles. The second-order valence-corrected chi connectivity index (χ2v) is 8.61. The van der Waals surface area contributed by atoms with Crippen LogP contribution >= 0.6 is 11.3 Å². The Morgan fingerprint density at radius 2 is 1.81 bits per heavy atom. The van der Waals surface area contributed by atoms with Crippen LogP contribution < -0.4 is 9.46 Å². The van der Waals surface area contributed by atoms with Gasteiger partial charge in [-0.15, -0.1) is 0 Å². The van der Waals surface area contributed by atoms with Crippen LogP contribution in [0.15, 0.2) is 65.4 Å². The van der Waals surface area contributed by atoms with Gasteiger partial charge in [0.25, 0.3) is 0 Å². The summed E-state index contributed by atoms with van der Waals surface area (Å²) in [4.78, 5) is 0. The predicted octanol–water partition coefficient (Wildman–Crippen LogP) is 4.09. The molecule has 0 spiro atoms. The van der Waals surface area contributed by atoms with Crippen LogP contribution in [0.25, 0.3) is 11.1 Å². The first-order chi connectivity index (χ1) is 12.6. The molecule has 0 atom stereocenters. The van der Waals surface area contributed by atoms with E-state index in [4.69, 9.17) is 4.74 Å². The van der Waals surface area contributed by atoms with E-state index in [0.29, 0.717) is 6.42 Å². The normalized spacial score (nSPS) is 11.4. The first-order valence-corrected chi connectivity index (χ1v) is 10.9. The summed E-state index contributed by atoms with van der Waals surface area (Å²) in [5.74, 6) is 0.819. The van der Waals surface area contributed by atoms with Gasteiger partial charge in [0.1, 0.15) is 5.75 Å². The third-order valence-corrected chi connectivity index (χ3v) is 6.16. The molecule has 4 nitrogen and oxygen atoms in total. The van der Waals surface area contributed by atoms with Crippen LogP contribution in [-0.2, 0) is 23.0 Å². The third-order valence-electron chi connectivity index (χ3n) is 4.15. The van der Waals surface area contributed by atoms with Crippen LogP contribution in [0.4, 0.5) is 0 Å². The van der Waals surface area contributed by atoms with Gasteiger partial charge in [0.15, 0.2) is 0 Å². The fraction of sp³-hybridized carbons (Fsp3) is 0.200. The minimum absolute atomic E-state index is 0.0555. The molecule has 3 aromatic rings. The summed E-state index contributed by atoms with van der Waals surface area (Å²) in [5.41, 5.74) is 4.11. The first kappa shape index (κ1) is 18.6. The molecule has 0 saturated carbocycles. The highest BCUT2D eigenvalue weighted by Gasteiger charge is 2.12. The molecule has 6 heteroatoms. The maximum atomic E-state index is 12.4. The lowest BCUT2D eigenvalue weighted by Gasteiger charge is -2.11. The highest BCUT2D eigenvalue weighted by atomic mass is 32.2. The molecule has 0 fully saturated rings. The molecule has 0 aliphatic heterocycles. The van der Waals surface area contributed by atoms with Crippen LogP contribution in [0, 0.1) is 0 Å². The van der Waals surface area contributed by atoms with E-state index in [1.165, 1.54) is 0 Å². The lowest BCUT2D eigenvalue weighted by Crippen LogP contribution is -2.27. The van der Waals surface area contributed by atoms with Gasteiger partial charge in [-0.1, -0.05) is 36.4 Å². The Bertz CT molecular complexity index is 933. The van der Waals surface area contributed by atoms with Gasteiger partial charge in [0.05, 0.1) is 12.9 Å². The molecule has 0 bridgehead atoms. The van der Waals surface area contributed by atoms with Crippen molar-refractivity contribution in [1.82, 2.24) is 4.72 Å². The number of hydrogen-bond donors (Lipinski definition) is 1. The van der Waals surface area contributed by atoms with Crippen molar-refractivity contribution >= 4 is 21.4 Å². The van der Waals surface area contributed by atoms with E-state index in [1.807, 2.05) is 60.0 Å². The molecule has 0 amide bonds. The van der Waals surface area contributed by atoms with Gasteiger partial charge in [-0.3, -0.25) is 0 Å². The van der Waals surface area contributed by atoms with E-state index < -0.39 is 10.0 Å². The van der Waals surface area contributed by atoms with Crippen LogP contribution in [0.1, 0.15) is 11.1 Å². The molecule has 136 valence electrons. The summed E-state index contributed by atoms with van der Waals surface area (Å²) in [6.07, 6.45) is 0.464. The summed E-state index contributed by atoms with van der Waals surface area (Å²) >= 11 is 1.63. The maximum Gasteiger partial charge on any atom is 0.212 e. The van der Waals surface area contributed by atoms with E-state index in [2.05, 4.69) is 10.1 Å². The zero-order valence-corrected chi connectivity index (χ0v) is 16.1. The van der Waals surface area contributed by atoms with Crippen molar-refractivity contribution in [2.45, 2.75) is 13.0 Å². The Morgan fingerprint density at radius 1 is 1.04 bits per heavy atom. The molecule has 1 aromatic heterocycles. The molecule has 26 heavy (non-hydrogen) atoms. The van der Waals surface area contributed by atoms with Crippen LogP contribution in [0.2, 0.25) is 0 Å². The molecule has 0 saturated heterocycles. The molecule has 1 N–H and O–H groups in total. The SMILES string of the molecule is COc1ccc(CCS(=O)(=O)NCc2ccccc2-c2ccsc2)cc1. The molecular weight excluding hydrogens is 366 g/mol. The van der Waals surface area contributed by atoms with Crippen molar-refractivity contribution in [3.63, 3.8) is 0 Å². The van der Waals surface area contributed by atoms with Gasteiger partial charge < -0.3 is 4.74 Å². The topological polar surface area (TPSA) is 55.4 Å². The minimum Gasteiger partial charge on any atom is -0.497 e. The number of benzene rings is 2. The van der Waals surface area contributed by atoms with Crippen LogP contribution in [-0.4, -0.2) is 21.3 Å². The van der Waals surface area contributed by atoms with Gasteiger partial charge in [-0.25, -0.2) is 13.1 Å². The van der Waals surface area contributed by atoms with Crippen molar-refractivity contribution in [3.05, 3.63) is 76.5 Å². The van der Waals surface area contributed by atoms with Crippen molar-refractivity contribution < 1.29 is 13.2 Å². The molecule has 1 heterocycles. The third kappa shape index (κ3) is 4.94. The predicted molar refractivity (Wildman–Crippen MR) is 107 cm³/mol. The van der Waals surface area contributed by atoms with E-state index in [-0.39, 0.29) is 12.3 Å². The highest BCUT2D eigenvalue weighted by Crippen LogP contribution is 2.25. The largest absolute Gasteiger partial charge is 0.497 e. The maximum absolute atomic E-state index is 12.4. The zero-order valence-electron chi connectivity index (χ0n) is 14.5. The fourth-order valence-electron chi connectivity index (χ4n) is 2.68. The number of thiophene rings is 1. The number of hydrogen-bond acceptors (Lipinski definition) is 4. The average molecular weight is 388 g/mol. The summed E-state index contributed by atoms with van der Waals surface area (Å²) in [7, 11) is -1.75. The van der Waals surface area contributed by atoms with Gasteiger partial charge in [0.2, 0.25) is 10.0 Å². The molecule has 0 unspecified atom stereocenters. The quantitative estimate of drug-likeness (QED) is 0.633. The lowest BCUT2D eigenvalue weighted by molar-refractivity contribution is 0.414. The second kappa shape index (κ2) is 8.49. The molecule has 0 aliphatic carbocycles. The number of methoxy groups -OCH3 is 1. The zero-order chi connectivity index (χ0) is 18.4. The Balaban J connectivity index is 1.62.